The van der Waals surface area contributed by atoms with Crippen molar-refractivity contribution in [2.24, 2.45) is 5.92 Å². The maximum absolute atomic E-state index is 13.7. The van der Waals surface area contributed by atoms with Crippen molar-refractivity contribution in [1.82, 2.24) is 9.55 Å². The van der Waals surface area contributed by atoms with Crippen LogP contribution in [0.4, 0.5) is 13.2 Å². The SMILES string of the molecule is CC(=O)C[C@H](C)CCCOc1ccccc1Cn1c(C(F)(F)F)cnc1-c1ccc(Cl)cc1. The second-order valence-electron chi connectivity index (χ2n) is 8.17. The molecule has 3 aromatic rings. The van der Waals surface area contributed by atoms with Gasteiger partial charge in [-0.3, -0.25) is 0 Å². The van der Waals surface area contributed by atoms with E-state index in [0.29, 0.717) is 34.9 Å². The summed E-state index contributed by atoms with van der Waals surface area (Å²) in [5.74, 6) is 1.15. The van der Waals surface area contributed by atoms with Crippen molar-refractivity contribution in [2.45, 2.75) is 45.8 Å². The number of rotatable bonds is 10. The summed E-state index contributed by atoms with van der Waals surface area (Å²) in [5, 5.41) is 0.490. The van der Waals surface area contributed by atoms with Crippen molar-refractivity contribution in [3.63, 3.8) is 0 Å². The third kappa shape index (κ3) is 6.84. The van der Waals surface area contributed by atoms with Gasteiger partial charge in [-0.25, -0.2) is 4.98 Å². The standard InChI is InChI=1S/C25H26ClF3N2O2/c1-17(14-18(2)32)6-5-13-33-22-8-4-3-7-20(22)16-31-23(25(27,28)29)15-30-24(31)19-9-11-21(26)12-10-19/h3-4,7-12,15,17H,5-6,13-14,16H2,1-2H3/t17-/m1/s1. The highest BCUT2D eigenvalue weighted by molar-refractivity contribution is 6.30. The molecule has 0 aliphatic carbocycles. The Kier molecular flexibility index (Phi) is 8.19. The number of hydrogen-bond donors (Lipinski definition) is 0. The lowest BCUT2D eigenvalue weighted by atomic mass is 10.00. The first-order valence-electron chi connectivity index (χ1n) is 10.7. The predicted octanol–water partition coefficient (Wildman–Crippen LogP) is 7.04. The Balaban J connectivity index is 1.81. The fraction of sp³-hybridized carbons (Fsp3) is 0.360. The molecule has 0 aliphatic rings. The van der Waals surface area contributed by atoms with Crippen LogP contribution in [0.1, 0.15) is 44.4 Å². The molecule has 0 N–H and O–H groups in total. The number of carbonyl (C=O) groups excluding carboxylic acids is 1. The average molecular weight is 479 g/mol. The number of aromatic nitrogens is 2. The van der Waals surface area contributed by atoms with Gasteiger partial charge in [-0.1, -0.05) is 36.7 Å². The molecule has 3 rings (SSSR count). The molecule has 1 heterocycles. The first kappa shape index (κ1) is 24.8. The molecule has 2 aromatic carbocycles. The molecule has 0 saturated carbocycles. The fourth-order valence-electron chi connectivity index (χ4n) is 3.74. The number of carbonyl (C=O) groups is 1. The van der Waals surface area contributed by atoms with Gasteiger partial charge in [0.2, 0.25) is 0 Å². The molecular formula is C25H26ClF3N2O2. The number of Topliss-reactive ketones (excluding diaryl/α,β-unsaturated/α-hetero) is 1. The highest BCUT2D eigenvalue weighted by atomic mass is 35.5. The van der Waals surface area contributed by atoms with Crippen LogP contribution in [0.15, 0.2) is 54.7 Å². The molecule has 0 spiro atoms. The summed E-state index contributed by atoms with van der Waals surface area (Å²) >= 11 is 5.93. The van der Waals surface area contributed by atoms with Crippen molar-refractivity contribution in [2.75, 3.05) is 6.61 Å². The van der Waals surface area contributed by atoms with Crippen molar-refractivity contribution < 1.29 is 22.7 Å². The molecular weight excluding hydrogens is 453 g/mol. The zero-order valence-corrected chi connectivity index (χ0v) is 19.3. The van der Waals surface area contributed by atoms with E-state index in [0.717, 1.165) is 23.6 Å². The normalized spacial score (nSPS) is 12.5. The van der Waals surface area contributed by atoms with E-state index in [9.17, 15) is 18.0 Å². The number of halogens is 4. The largest absolute Gasteiger partial charge is 0.493 e. The summed E-state index contributed by atoms with van der Waals surface area (Å²) in [6, 6.07) is 13.6. The first-order chi connectivity index (χ1) is 15.6. The fourth-order valence-corrected chi connectivity index (χ4v) is 3.87. The first-order valence-corrected chi connectivity index (χ1v) is 11.1. The number of ether oxygens (including phenoxy) is 1. The zero-order chi connectivity index (χ0) is 24.0. The molecule has 8 heteroatoms. The van der Waals surface area contributed by atoms with Crippen LogP contribution in [0, 0.1) is 5.92 Å². The smallest absolute Gasteiger partial charge is 0.433 e. The van der Waals surface area contributed by atoms with E-state index in [1.165, 1.54) is 0 Å². The van der Waals surface area contributed by atoms with Gasteiger partial charge in [0, 0.05) is 22.6 Å². The van der Waals surface area contributed by atoms with Gasteiger partial charge < -0.3 is 14.1 Å². The number of alkyl halides is 3. The van der Waals surface area contributed by atoms with Gasteiger partial charge in [0.25, 0.3) is 0 Å². The van der Waals surface area contributed by atoms with E-state index in [4.69, 9.17) is 16.3 Å². The summed E-state index contributed by atoms with van der Waals surface area (Å²) < 4.78 is 48.2. The quantitative estimate of drug-likeness (QED) is 0.293. The van der Waals surface area contributed by atoms with E-state index >= 15 is 0 Å². The summed E-state index contributed by atoms with van der Waals surface area (Å²) in [6.07, 6.45) is -1.59. The number of nitrogens with zero attached hydrogens (tertiary/aromatic N) is 2. The summed E-state index contributed by atoms with van der Waals surface area (Å²) in [4.78, 5) is 15.3. The predicted molar refractivity (Wildman–Crippen MR) is 122 cm³/mol. The van der Waals surface area contributed by atoms with Crippen LogP contribution in [0.5, 0.6) is 5.75 Å². The van der Waals surface area contributed by atoms with Gasteiger partial charge in [-0.2, -0.15) is 13.2 Å². The maximum atomic E-state index is 13.7. The molecule has 0 unspecified atom stereocenters. The van der Waals surface area contributed by atoms with Gasteiger partial charge in [0.05, 0.1) is 19.3 Å². The van der Waals surface area contributed by atoms with Crippen molar-refractivity contribution in [1.29, 1.82) is 0 Å². The summed E-state index contributed by atoms with van der Waals surface area (Å²) in [6.45, 7) is 3.96. The van der Waals surface area contributed by atoms with Crippen molar-refractivity contribution in [3.8, 4) is 17.1 Å². The Morgan fingerprint density at radius 3 is 2.52 bits per heavy atom. The van der Waals surface area contributed by atoms with E-state index in [1.54, 1.807) is 55.5 Å². The van der Waals surface area contributed by atoms with Gasteiger partial charge >= 0.3 is 6.18 Å². The lowest BCUT2D eigenvalue weighted by Crippen LogP contribution is -2.15. The second kappa shape index (κ2) is 10.9. The minimum Gasteiger partial charge on any atom is -0.493 e. The number of ketones is 1. The monoisotopic (exact) mass is 478 g/mol. The molecule has 0 fully saturated rings. The third-order valence-corrected chi connectivity index (χ3v) is 5.54. The molecule has 0 radical (unpaired) electrons. The van der Waals surface area contributed by atoms with E-state index in [-0.39, 0.29) is 24.1 Å². The Bertz CT molecular complexity index is 1080. The highest BCUT2D eigenvalue weighted by Crippen LogP contribution is 2.34. The zero-order valence-electron chi connectivity index (χ0n) is 18.5. The van der Waals surface area contributed by atoms with Crippen LogP contribution in [0.2, 0.25) is 5.02 Å². The minimum absolute atomic E-state index is 0.0519. The number of hydrogen-bond acceptors (Lipinski definition) is 3. The van der Waals surface area contributed by atoms with Gasteiger partial charge in [-0.15, -0.1) is 0 Å². The van der Waals surface area contributed by atoms with Crippen molar-refractivity contribution in [3.05, 3.63) is 71.0 Å². The lowest BCUT2D eigenvalue weighted by Gasteiger charge is -2.17. The van der Waals surface area contributed by atoms with Crippen LogP contribution in [-0.2, 0) is 17.5 Å². The van der Waals surface area contributed by atoms with Crippen LogP contribution >= 0.6 is 11.6 Å². The van der Waals surface area contributed by atoms with Crippen LogP contribution in [0.25, 0.3) is 11.4 Å². The molecule has 33 heavy (non-hydrogen) atoms. The molecule has 4 nitrogen and oxygen atoms in total. The molecule has 176 valence electrons. The summed E-state index contributed by atoms with van der Waals surface area (Å²) in [5.41, 5.74) is 0.320. The molecule has 0 bridgehead atoms. The molecule has 1 atom stereocenters. The van der Waals surface area contributed by atoms with Crippen LogP contribution in [-0.4, -0.2) is 21.9 Å². The van der Waals surface area contributed by atoms with E-state index in [2.05, 4.69) is 4.98 Å². The Labute approximate surface area is 196 Å². The Hall–Kier alpha value is -2.80. The highest BCUT2D eigenvalue weighted by Gasteiger charge is 2.36. The molecule has 0 amide bonds. The Morgan fingerprint density at radius 1 is 1.15 bits per heavy atom. The van der Waals surface area contributed by atoms with E-state index in [1.807, 2.05) is 6.92 Å². The van der Waals surface area contributed by atoms with Gasteiger partial charge in [-0.05, 0) is 56.0 Å². The molecule has 0 saturated heterocycles. The molecule has 1 aromatic heterocycles. The van der Waals surface area contributed by atoms with Gasteiger partial charge in [0.15, 0.2) is 0 Å². The number of para-hydroxylation sites is 1. The van der Waals surface area contributed by atoms with Crippen LogP contribution < -0.4 is 4.74 Å². The van der Waals surface area contributed by atoms with Gasteiger partial charge in [0.1, 0.15) is 23.1 Å². The second-order valence-corrected chi connectivity index (χ2v) is 8.60. The third-order valence-electron chi connectivity index (χ3n) is 5.28. The maximum Gasteiger partial charge on any atom is 0.433 e. The lowest BCUT2D eigenvalue weighted by molar-refractivity contribution is -0.143. The molecule has 0 aliphatic heterocycles. The minimum atomic E-state index is -4.56. The van der Waals surface area contributed by atoms with E-state index < -0.39 is 11.9 Å². The Morgan fingerprint density at radius 2 is 1.85 bits per heavy atom. The topological polar surface area (TPSA) is 44.1 Å². The van der Waals surface area contributed by atoms with Crippen LogP contribution in [0.3, 0.4) is 0 Å². The average Bonchev–Trinajstić information content (AvgIpc) is 3.16. The number of imidazole rings is 1. The summed E-state index contributed by atoms with van der Waals surface area (Å²) in [7, 11) is 0. The number of benzene rings is 2. The van der Waals surface area contributed by atoms with Crippen molar-refractivity contribution >= 4 is 17.4 Å².